The van der Waals surface area contributed by atoms with Crippen LogP contribution in [0.1, 0.15) is 45.6 Å². The molecule has 2 aromatic carbocycles. The fourth-order valence-corrected chi connectivity index (χ4v) is 2.90. The molecule has 0 saturated heterocycles. The Morgan fingerprint density at radius 1 is 1.00 bits per heavy atom. The molecule has 0 fully saturated rings. The fraction of sp³-hybridized carbons (Fsp3) is 0.474. The van der Waals surface area contributed by atoms with Gasteiger partial charge >= 0.3 is 0 Å². The van der Waals surface area contributed by atoms with Gasteiger partial charge < -0.3 is 5.32 Å². The molecule has 0 bridgehead atoms. The van der Waals surface area contributed by atoms with E-state index in [1.165, 1.54) is 35.6 Å². The molecular weight excluding hydrogens is 242 g/mol. The van der Waals surface area contributed by atoms with Crippen molar-refractivity contribution in [1.82, 2.24) is 5.32 Å². The standard InChI is InChI=1S/C19H27N/c1-4-5-12-18(20-15(2)3)14-17-11-8-10-16-9-6-7-13-19(16)17/h6-11,13,15,18,20H,4-5,12,14H2,1-3H3. The molecular formula is C19H27N. The molecule has 2 aromatic rings. The smallest absolute Gasteiger partial charge is 0.0110 e. The van der Waals surface area contributed by atoms with Crippen LogP contribution in [-0.4, -0.2) is 12.1 Å². The highest BCUT2D eigenvalue weighted by Gasteiger charge is 2.12. The molecule has 0 radical (unpaired) electrons. The fourth-order valence-electron chi connectivity index (χ4n) is 2.90. The first kappa shape index (κ1) is 15.1. The molecule has 0 aliphatic rings. The van der Waals surface area contributed by atoms with E-state index in [4.69, 9.17) is 0 Å². The predicted octanol–water partition coefficient (Wildman–Crippen LogP) is 4.94. The minimum absolute atomic E-state index is 0.548. The van der Waals surface area contributed by atoms with Gasteiger partial charge in [-0.1, -0.05) is 76.1 Å². The third-order valence-electron chi connectivity index (χ3n) is 3.82. The van der Waals surface area contributed by atoms with Crippen molar-refractivity contribution in [2.45, 2.75) is 58.5 Å². The second-order valence-corrected chi connectivity index (χ2v) is 6.00. The highest BCUT2D eigenvalue weighted by molar-refractivity contribution is 5.85. The molecule has 1 nitrogen and oxygen atoms in total. The summed E-state index contributed by atoms with van der Waals surface area (Å²) in [6.45, 7) is 6.74. The third kappa shape index (κ3) is 4.08. The zero-order chi connectivity index (χ0) is 14.4. The maximum atomic E-state index is 3.73. The maximum absolute atomic E-state index is 3.73. The van der Waals surface area contributed by atoms with Crippen molar-refractivity contribution in [1.29, 1.82) is 0 Å². The minimum Gasteiger partial charge on any atom is -0.311 e. The van der Waals surface area contributed by atoms with Gasteiger partial charge in [-0.05, 0) is 29.2 Å². The van der Waals surface area contributed by atoms with Gasteiger partial charge in [0, 0.05) is 12.1 Å². The number of benzene rings is 2. The molecule has 1 heteroatoms. The predicted molar refractivity (Wildman–Crippen MR) is 89.2 cm³/mol. The topological polar surface area (TPSA) is 12.0 Å². The van der Waals surface area contributed by atoms with Crippen LogP contribution in [0.25, 0.3) is 10.8 Å². The number of hydrogen-bond acceptors (Lipinski definition) is 1. The molecule has 1 unspecified atom stereocenters. The van der Waals surface area contributed by atoms with E-state index < -0.39 is 0 Å². The van der Waals surface area contributed by atoms with Crippen LogP contribution in [0, 0.1) is 0 Å². The Morgan fingerprint density at radius 2 is 1.75 bits per heavy atom. The van der Waals surface area contributed by atoms with E-state index in [2.05, 4.69) is 68.6 Å². The first-order valence-corrected chi connectivity index (χ1v) is 7.93. The monoisotopic (exact) mass is 269 g/mol. The van der Waals surface area contributed by atoms with Gasteiger partial charge in [-0.25, -0.2) is 0 Å². The Balaban J connectivity index is 2.18. The summed E-state index contributed by atoms with van der Waals surface area (Å²) in [5.41, 5.74) is 1.47. The summed E-state index contributed by atoms with van der Waals surface area (Å²) in [6, 6.07) is 16.5. The van der Waals surface area contributed by atoms with E-state index in [9.17, 15) is 0 Å². The van der Waals surface area contributed by atoms with Gasteiger partial charge in [0.1, 0.15) is 0 Å². The average molecular weight is 269 g/mol. The average Bonchev–Trinajstić information content (AvgIpc) is 2.44. The Hall–Kier alpha value is -1.34. The van der Waals surface area contributed by atoms with Crippen molar-refractivity contribution >= 4 is 10.8 Å². The zero-order valence-corrected chi connectivity index (χ0v) is 13.0. The maximum Gasteiger partial charge on any atom is 0.0110 e. The van der Waals surface area contributed by atoms with Crippen LogP contribution in [0.2, 0.25) is 0 Å². The summed E-state index contributed by atoms with van der Waals surface area (Å²) >= 11 is 0. The van der Waals surface area contributed by atoms with Crippen molar-refractivity contribution in [3.8, 4) is 0 Å². The van der Waals surface area contributed by atoms with E-state index in [0.717, 1.165) is 6.42 Å². The number of hydrogen-bond donors (Lipinski definition) is 1. The first-order chi connectivity index (χ1) is 9.70. The normalized spacial score (nSPS) is 13.0. The van der Waals surface area contributed by atoms with Crippen LogP contribution in [0.4, 0.5) is 0 Å². The molecule has 0 saturated carbocycles. The second-order valence-electron chi connectivity index (χ2n) is 6.00. The molecule has 20 heavy (non-hydrogen) atoms. The van der Waals surface area contributed by atoms with Crippen molar-refractivity contribution in [3.05, 3.63) is 48.0 Å². The lowest BCUT2D eigenvalue weighted by Crippen LogP contribution is -2.36. The summed E-state index contributed by atoms with van der Waals surface area (Å²) in [5, 5.41) is 6.48. The highest BCUT2D eigenvalue weighted by atomic mass is 14.9. The Labute approximate surface area is 123 Å². The molecule has 2 rings (SSSR count). The summed E-state index contributed by atoms with van der Waals surface area (Å²) in [6.07, 6.45) is 4.96. The second kappa shape index (κ2) is 7.44. The summed E-state index contributed by atoms with van der Waals surface area (Å²) in [4.78, 5) is 0. The van der Waals surface area contributed by atoms with Crippen LogP contribution in [-0.2, 0) is 6.42 Å². The summed E-state index contributed by atoms with van der Waals surface area (Å²) in [5.74, 6) is 0. The lowest BCUT2D eigenvalue weighted by molar-refractivity contribution is 0.425. The Kier molecular flexibility index (Phi) is 5.60. The van der Waals surface area contributed by atoms with Gasteiger partial charge in [-0.3, -0.25) is 0 Å². The number of rotatable bonds is 7. The Bertz CT molecular complexity index is 525. The van der Waals surface area contributed by atoms with Gasteiger partial charge in [-0.2, -0.15) is 0 Å². The van der Waals surface area contributed by atoms with E-state index in [1.54, 1.807) is 0 Å². The first-order valence-electron chi connectivity index (χ1n) is 7.93. The van der Waals surface area contributed by atoms with E-state index in [1.807, 2.05) is 0 Å². The highest BCUT2D eigenvalue weighted by Crippen LogP contribution is 2.21. The number of fused-ring (bicyclic) bond motifs is 1. The van der Waals surface area contributed by atoms with Crippen LogP contribution in [0.15, 0.2) is 42.5 Å². The third-order valence-corrected chi connectivity index (χ3v) is 3.82. The van der Waals surface area contributed by atoms with Crippen molar-refractivity contribution in [2.75, 3.05) is 0 Å². The summed E-state index contributed by atoms with van der Waals surface area (Å²) < 4.78 is 0. The number of nitrogens with one attached hydrogen (secondary N) is 1. The molecule has 108 valence electrons. The number of unbranched alkanes of at least 4 members (excludes halogenated alkanes) is 1. The lowest BCUT2D eigenvalue weighted by atomic mass is 9.96. The molecule has 0 aliphatic carbocycles. The molecule has 0 amide bonds. The largest absolute Gasteiger partial charge is 0.311 e. The summed E-state index contributed by atoms with van der Waals surface area (Å²) in [7, 11) is 0. The SMILES string of the molecule is CCCCC(Cc1cccc2ccccc12)NC(C)C. The van der Waals surface area contributed by atoms with Crippen molar-refractivity contribution < 1.29 is 0 Å². The molecule has 1 N–H and O–H groups in total. The molecule has 0 heterocycles. The quantitative estimate of drug-likeness (QED) is 0.750. The van der Waals surface area contributed by atoms with E-state index in [-0.39, 0.29) is 0 Å². The van der Waals surface area contributed by atoms with Crippen molar-refractivity contribution in [2.24, 2.45) is 0 Å². The van der Waals surface area contributed by atoms with E-state index >= 15 is 0 Å². The van der Waals surface area contributed by atoms with Crippen LogP contribution < -0.4 is 5.32 Å². The lowest BCUT2D eigenvalue weighted by Gasteiger charge is -2.22. The molecule has 0 aromatic heterocycles. The van der Waals surface area contributed by atoms with Gasteiger partial charge in [0.2, 0.25) is 0 Å². The van der Waals surface area contributed by atoms with Gasteiger partial charge in [0.15, 0.2) is 0 Å². The molecule has 0 spiro atoms. The van der Waals surface area contributed by atoms with Gasteiger partial charge in [0.25, 0.3) is 0 Å². The van der Waals surface area contributed by atoms with Gasteiger partial charge in [0.05, 0.1) is 0 Å². The minimum atomic E-state index is 0.548. The van der Waals surface area contributed by atoms with Crippen LogP contribution in [0.5, 0.6) is 0 Å². The molecule has 1 atom stereocenters. The van der Waals surface area contributed by atoms with E-state index in [0.29, 0.717) is 12.1 Å². The van der Waals surface area contributed by atoms with Gasteiger partial charge in [-0.15, -0.1) is 0 Å². The molecule has 0 aliphatic heterocycles. The van der Waals surface area contributed by atoms with Crippen LogP contribution >= 0.6 is 0 Å². The Morgan fingerprint density at radius 3 is 2.50 bits per heavy atom. The zero-order valence-electron chi connectivity index (χ0n) is 13.0. The van der Waals surface area contributed by atoms with Crippen LogP contribution in [0.3, 0.4) is 0 Å². The van der Waals surface area contributed by atoms with Crippen molar-refractivity contribution in [3.63, 3.8) is 0 Å².